The molecule has 6 nitrogen and oxygen atoms in total. The average Bonchev–Trinajstić information content (AvgIpc) is 3.26. The predicted molar refractivity (Wildman–Crippen MR) is 77.3 cm³/mol. The van der Waals surface area contributed by atoms with Crippen LogP contribution in [0.25, 0.3) is 0 Å². The van der Waals surface area contributed by atoms with Crippen LogP contribution in [0.2, 0.25) is 0 Å². The summed E-state index contributed by atoms with van der Waals surface area (Å²) in [5.41, 5.74) is -0.140. The van der Waals surface area contributed by atoms with Crippen molar-refractivity contribution in [3.63, 3.8) is 0 Å². The third-order valence-corrected chi connectivity index (χ3v) is 5.11. The number of amides is 1. The van der Waals surface area contributed by atoms with Crippen molar-refractivity contribution in [2.75, 3.05) is 13.1 Å². The number of aryl methyl sites for hydroxylation is 1. The summed E-state index contributed by atoms with van der Waals surface area (Å²) >= 11 is 0. The highest BCUT2D eigenvalue weighted by atomic mass is 16.5. The standard InChI is InChI=1S/C16H19N3O3/c1-2-13-17-15(18-22-13)16-7-3-5-11(16)9-19(10-16)14(20)12-6-4-8-21-12/h4,6,8,11H,2-3,5,7,9-10H2,1H3/t11-,16-/m1/s1. The first kappa shape index (κ1) is 13.5. The summed E-state index contributed by atoms with van der Waals surface area (Å²) < 4.78 is 10.6. The molecule has 2 atom stereocenters. The van der Waals surface area contributed by atoms with Crippen LogP contribution in [0, 0.1) is 5.92 Å². The van der Waals surface area contributed by atoms with E-state index in [0.717, 1.165) is 38.1 Å². The van der Waals surface area contributed by atoms with Crippen LogP contribution < -0.4 is 0 Å². The van der Waals surface area contributed by atoms with Crippen molar-refractivity contribution in [2.45, 2.75) is 38.0 Å². The van der Waals surface area contributed by atoms with E-state index in [9.17, 15) is 4.79 Å². The first-order chi connectivity index (χ1) is 10.7. The molecule has 1 aliphatic carbocycles. The Balaban J connectivity index is 1.63. The number of furan rings is 1. The summed E-state index contributed by atoms with van der Waals surface area (Å²) in [6, 6.07) is 3.46. The van der Waals surface area contributed by atoms with Gasteiger partial charge in [0, 0.05) is 19.5 Å². The molecule has 116 valence electrons. The van der Waals surface area contributed by atoms with Crippen LogP contribution in [0.5, 0.6) is 0 Å². The van der Waals surface area contributed by atoms with Crippen molar-refractivity contribution < 1.29 is 13.7 Å². The molecule has 6 heteroatoms. The van der Waals surface area contributed by atoms with Gasteiger partial charge in [-0.3, -0.25) is 4.79 Å². The van der Waals surface area contributed by atoms with Gasteiger partial charge in [-0.25, -0.2) is 0 Å². The van der Waals surface area contributed by atoms with Gasteiger partial charge in [0.25, 0.3) is 5.91 Å². The molecular formula is C16H19N3O3. The van der Waals surface area contributed by atoms with E-state index in [2.05, 4.69) is 10.1 Å². The number of hydrogen-bond acceptors (Lipinski definition) is 5. The zero-order chi connectivity index (χ0) is 15.2. The van der Waals surface area contributed by atoms with Gasteiger partial charge in [-0.2, -0.15) is 4.98 Å². The van der Waals surface area contributed by atoms with E-state index < -0.39 is 0 Å². The van der Waals surface area contributed by atoms with Gasteiger partial charge < -0.3 is 13.8 Å². The van der Waals surface area contributed by atoms with E-state index in [-0.39, 0.29) is 11.3 Å². The van der Waals surface area contributed by atoms with E-state index >= 15 is 0 Å². The minimum absolute atomic E-state index is 0.0435. The third kappa shape index (κ3) is 1.90. The molecule has 0 bridgehead atoms. The Hall–Kier alpha value is -2.11. The zero-order valence-corrected chi connectivity index (χ0v) is 12.6. The highest BCUT2D eigenvalue weighted by molar-refractivity contribution is 5.91. The van der Waals surface area contributed by atoms with E-state index in [4.69, 9.17) is 8.94 Å². The number of rotatable bonds is 3. The molecule has 0 unspecified atom stereocenters. The lowest BCUT2D eigenvalue weighted by Gasteiger charge is -2.24. The molecule has 22 heavy (non-hydrogen) atoms. The number of nitrogens with zero attached hydrogens (tertiary/aromatic N) is 3. The van der Waals surface area contributed by atoms with Crippen LogP contribution >= 0.6 is 0 Å². The van der Waals surface area contributed by atoms with E-state index in [0.29, 0.717) is 24.1 Å². The minimum atomic E-state index is -0.140. The second kappa shape index (κ2) is 4.97. The monoisotopic (exact) mass is 301 g/mol. The molecule has 1 saturated carbocycles. The second-order valence-electron chi connectivity index (χ2n) is 6.27. The van der Waals surface area contributed by atoms with Crippen molar-refractivity contribution >= 4 is 5.91 Å². The Kier molecular flexibility index (Phi) is 3.06. The van der Waals surface area contributed by atoms with Crippen molar-refractivity contribution in [3.8, 4) is 0 Å². The molecule has 4 rings (SSSR count). The summed E-state index contributed by atoms with van der Waals surface area (Å²) in [5.74, 6) is 2.22. The Bertz CT molecular complexity index is 679. The van der Waals surface area contributed by atoms with Gasteiger partial charge in [-0.05, 0) is 30.9 Å². The average molecular weight is 301 g/mol. The highest BCUT2D eigenvalue weighted by Gasteiger charge is 2.54. The number of aromatic nitrogens is 2. The van der Waals surface area contributed by atoms with Crippen LogP contribution in [0.15, 0.2) is 27.3 Å². The van der Waals surface area contributed by atoms with Gasteiger partial charge in [0.15, 0.2) is 11.6 Å². The topological polar surface area (TPSA) is 72.4 Å². The smallest absolute Gasteiger partial charge is 0.289 e. The molecule has 1 saturated heterocycles. The molecular weight excluding hydrogens is 282 g/mol. The number of fused-ring (bicyclic) bond motifs is 1. The van der Waals surface area contributed by atoms with Crippen molar-refractivity contribution in [3.05, 3.63) is 35.9 Å². The van der Waals surface area contributed by atoms with Gasteiger partial charge in [0.2, 0.25) is 5.89 Å². The molecule has 0 N–H and O–H groups in total. The molecule has 1 aliphatic heterocycles. The largest absolute Gasteiger partial charge is 0.459 e. The fraction of sp³-hybridized carbons (Fsp3) is 0.562. The maximum atomic E-state index is 12.5. The first-order valence-corrected chi connectivity index (χ1v) is 7.89. The maximum absolute atomic E-state index is 12.5. The fourth-order valence-electron chi connectivity index (χ4n) is 3.97. The van der Waals surface area contributed by atoms with E-state index in [1.165, 1.54) is 6.26 Å². The summed E-state index contributed by atoms with van der Waals surface area (Å²) in [6.07, 6.45) is 5.55. The van der Waals surface area contributed by atoms with Crippen molar-refractivity contribution in [2.24, 2.45) is 5.92 Å². The Morgan fingerprint density at radius 1 is 1.55 bits per heavy atom. The fourth-order valence-corrected chi connectivity index (χ4v) is 3.97. The number of hydrogen-bond donors (Lipinski definition) is 0. The SMILES string of the molecule is CCc1nc([C@@]23CCC[C@@H]2CN(C(=O)c2ccco2)C3)no1. The lowest BCUT2D eigenvalue weighted by atomic mass is 9.80. The van der Waals surface area contributed by atoms with Crippen molar-refractivity contribution in [1.82, 2.24) is 15.0 Å². The maximum Gasteiger partial charge on any atom is 0.289 e. The van der Waals surface area contributed by atoms with E-state index in [1.807, 2.05) is 11.8 Å². The molecule has 1 amide bonds. The zero-order valence-electron chi connectivity index (χ0n) is 12.6. The van der Waals surface area contributed by atoms with Gasteiger partial charge in [0.05, 0.1) is 11.7 Å². The predicted octanol–water partition coefficient (Wildman–Crippen LogP) is 2.42. The van der Waals surface area contributed by atoms with Gasteiger partial charge in [-0.1, -0.05) is 18.5 Å². The molecule has 0 spiro atoms. The van der Waals surface area contributed by atoms with Crippen LogP contribution in [-0.4, -0.2) is 34.0 Å². The number of likely N-dealkylation sites (tertiary alicyclic amines) is 1. The summed E-state index contributed by atoms with van der Waals surface area (Å²) in [4.78, 5) is 19.0. The minimum Gasteiger partial charge on any atom is -0.459 e. The normalized spacial score (nSPS) is 27.3. The molecule has 0 radical (unpaired) electrons. The Labute approximate surface area is 128 Å². The Morgan fingerprint density at radius 3 is 3.18 bits per heavy atom. The summed E-state index contributed by atoms with van der Waals surface area (Å²) in [6.45, 7) is 3.40. The van der Waals surface area contributed by atoms with Crippen molar-refractivity contribution in [1.29, 1.82) is 0 Å². The first-order valence-electron chi connectivity index (χ1n) is 7.89. The molecule has 3 heterocycles. The van der Waals surface area contributed by atoms with Gasteiger partial charge >= 0.3 is 0 Å². The van der Waals surface area contributed by atoms with Crippen LogP contribution in [0.3, 0.4) is 0 Å². The molecule has 0 aromatic carbocycles. The van der Waals surface area contributed by atoms with Gasteiger partial charge in [-0.15, -0.1) is 0 Å². The number of carbonyl (C=O) groups is 1. The van der Waals surface area contributed by atoms with Crippen LogP contribution in [-0.2, 0) is 11.8 Å². The molecule has 2 aliphatic rings. The molecule has 2 aromatic rings. The summed E-state index contributed by atoms with van der Waals surface area (Å²) in [5, 5.41) is 4.21. The van der Waals surface area contributed by atoms with Crippen LogP contribution in [0.1, 0.15) is 48.5 Å². The second-order valence-corrected chi connectivity index (χ2v) is 6.27. The molecule has 2 aromatic heterocycles. The van der Waals surface area contributed by atoms with Crippen LogP contribution in [0.4, 0.5) is 0 Å². The summed E-state index contributed by atoms with van der Waals surface area (Å²) in [7, 11) is 0. The lowest BCUT2D eigenvalue weighted by Crippen LogP contribution is -2.35. The third-order valence-electron chi connectivity index (χ3n) is 5.11. The number of carbonyl (C=O) groups excluding carboxylic acids is 1. The highest BCUT2D eigenvalue weighted by Crippen LogP contribution is 2.49. The lowest BCUT2D eigenvalue weighted by molar-refractivity contribution is 0.0745. The molecule has 2 fully saturated rings. The van der Waals surface area contributed by atoms with Gasteiger partial charge in [0.1, 0.15) is 0 Å². The van der Waals surface area contributed by atoms with E-state index in [1.54, 1.807) is 12.1 Å². The quantitative estimate of drug-likeness (QED) is 0.870. The Morgan fingerprint density at radius 2 is 2.45 bits per heavy atom.